The van der Waals surface area contributed by atoms with Crippen molar-refractivity contribution in [2.75, 3.05) is 10.6 Å². The number of rotatable bonds is 6. The molecule has 0 fully saturated rings. The van der Waals surface area contributed by atoms with Crippen LogP contribution in [0.3, 0.4) is 0 Å². The average Bonchev–Trinajstić information content (AvgIpc) is 3.09. The van der Waals surface area contributed by atoms with Gasteiger partial charge in [0.1, 0.15) is 11.9 Å². The van der Waals surface area contributed by atoms with E-state index in [2.05, 4.69) is 20.8 Å². The molecule has 1 atom stereocenters. The van der Waals surface area contributed by atoms with Crippen molar-refractivity contribution in [2.45, 2.75) is 16.5 Å². The van der Waals surface area contributed by atoms with E-state index in [0.29, 0.717) is 26.4 Å². The second kappa shape index (κ2) is 8.62. The molecule has 0 aliphatic heterocycles. The van der Waals surface area contributed by atoms with E-state index < -0.39 is 5.25 Å². The van der Waals surface area contributed by atoms with Gasteiger partial charge in [0, 0.05) is 5.69 Å². The maximum Gasteiger partial charge on any atom is 0.237 e. The summed E-state index contributed by atoms with van der Waals surface area (Å²) in [6.07, 6.45) is 0. The lowest BCUT2D eigenvalue weighted by atomic mass is 10.2. The summed E-state index contributed by atoms with van der Waals surface area (Å²) in [4.78, 5) is 12.4. The van der Waals surface area contributed by atoms with E-state index in [9.17, 15) is 9.18 Å². The fourth-order valence-electron chi connectivity index (χ4n) is 2.13. The second-order valence-corrected chi connectivity index (χ2v) is 7.98. The fraction of sp³-hybridized carbons (Fsp3) is 0.111. The topological polar surface area (TPSA) is 90.7 Å². The van der Waals surface area contributed by atoms with Crippen molar-refractivity contribution in [1.82, 2.24) is 10.2 Å². The van der Waals surface area contributed by atoms with Gasteiger partial charge in [0.05, 0.1) is 16.5 Å². The molecule has 0 saturated carbocycles. The van der Waals surface area contributed by atoms with Gasteiger partial charge in [-0.2, -0.15) is 5.26 Å². The van der Waals surface area contributed by atoms with Crippen LogP contribution >= 0.6 is 23.1 Å². The van der Waals surface area contributed by atoms with Gasteiger partial charge in [-0.3, -0.25) is 4.79 Å². The first-order valence-electron chi connectivity index (χ1n) is 7.88. The predicted octanol–water partition coefficient (Wildman–Crippen LogP) is 4.41. The normalized spacial score (nSPS) is 11.4. The third-order valence-electron chi connectivity index (χ3n) is 3.43. The van der Waals surface area contributed by atoms with Gasteiger partial charge >= 0.3 is 0 Å². The second-order valence-electron chi connectivity index (χ2n) is 5.42. The van der Waals surface area contributed by atoms with E-state index in [1.165, 1.54) is 35.2 Å². The quantitative estimate of drug-likeness (QED) is 0.597. The highest BCUT2D eigenvalue weighted by Crippen LogP contribution is 2.31. The van der Waals surface area contributed by atoms with E-state index in [-0.39, 0.29) is 11.7 Å². The molecule has 3 rings (SSSR count). The van der Waals surface area contributed by atoms with Crippen LogP contribution in [0.15, 0.2) is 52.9 Å². The molecule has 0 spiro atoms. The molecule has 136 valence electrons. The number of carbonyl (C=O) groups is 1. The molecule has 0 radical (unpaired) electrons. The molecular weight excluding hydrogens is 385 g/mol. The van der Waals surface area contributed by atoms with Crippen LogP contribution in [0.2, 0.25) is 0 Å². The minimum atomic E-state index is -0.438. The summed E-state index contributed by atoms with van der Waals surface area (Å²) in [5.41, 5.74) is 1.45. The standard InChI is InChI=1S/C18H14FN5OS2/c1-11(16(25)22-15-8-3-2-5-12(15)10-20)26-18-24-23-17(27-18)21-14-7-4-6-13(19)9-14/h2-9,11H,1H3,(H,21,23)(H,22,25)/t11-/m1/s1. The first-order valence-corrected chi connectivity index (χ1v) is 9.57. The number of amides is 1. The number of thioether (sulfide) groups is 1. The number of para-hydroxylation sites is 1. The van der Waals surface area contributed by atoms with E-state index in [4.69, 9.17) is 5.26 Å². The Hall–Kier alpha value is -2.96. The molecule has 0 unspecified atom stereocenters. The van der Waals surface area contributed by atoms with Gasteiger partial charge < -0.3 is 10.6 Å². The van der Waals surface area contributed by atoms with Gasteiger partial charge in [0.25, 0.3) is 0 Å². The highest BCUT2D eigenvalue weighted by atomic mass is 32.2. The highest BCUT2D eigenvalue weighted by molar-refractivity contribution is 8.02. The smallest absolute Gasteiger partial charge is 0.237 e. The minimum Gasteiger partial charge on any atom is -0.330 e. The van der Waals surface area contributed by atoms with Crippen LogP contribution in [0, 0.1) is 17.1 Å². The zero-order valence-corrected chi connectivity index (χ0v) is 15.8. The Labute approximate surface area is 163 Å². The van der Waals surface area contributed by atoms with Crippen LogP contribution in [-0.4, -0.2) is 21.4 Å². The summed E-state index contributed by atoms with van der Waals surface area (Å²) in [5, 5.41) is 22.9. The highest BCUT2D eigenvalue weighted by Gasteiger charge is 2.18. The zero-order valence-electron chi connectivity index (χ0n) is 14.1. The molecule has 0 aliphatic carbocycles. The molecule has 2 N–H and O–H groups in total. The van der Waals surface area contributed by atoms with Gasteiger partial charge in [-0.1, -0.05) is 41.3 Å². The van der Waals surface area contributed by atoms with Gasteiger partial charge in [0.15, 0.2) is 4.34 Å². The predicted molar refractivity (Wildman–Crippen MR) is 105 cm³/mol. The number of anilines is 3. The van der Waals surface area contributed by atoms with E-state index in [1.54, 1.807) is 43.3 Å². The molecule has 0 aliphatic rings. The van der Waals surface area contributed by atoms with Gasteiger partial charge in [-0.25, -0.2) is 4.39 Å². The Morgan fingerprint density at radius 1 is 1.26 bits per heavy atom. The lowest BCUT2D eigenvalue weighted by molar-refractivity contribution is -0.115. The average molecular weight is 399 g/mol. The van der Waals surface area contributed by atoms with Crippen molar-refractivity contribution in [1.29, 1.82) is 5.26 Å². The summed E-state index contributed by atoms with van der Waals surface area (Å²) < 4.78 is 13.8. The lowest BCUT2D eigenvalue weighted by Gasteiger charge is -2.11. The summed E-state index contributed by atoms with van der Waals surface area (Å²) in [6.45, 7) is 1.75. The Morgan fingerprint density at radius 3 is 2.85 bits per heavy atom. The Balaban J connectivity index is 1.61. The van der Waals surface area contributed by atoms with E-state index in [0.717, 1.165) is 0 Å². The molecule has 27 heavy (non-hydrogen) atoms. The first-order chi connectivity index (χ1) is 13.0. The summed E-state index contributed by atoms with van der Waals surface area (Å²) in [5.74, 6) is -0.584. The molecule has 1 amide bonds. The molecule has 0 saturated heterocycles. The SMILES string of the molecule is C[C@@H](Sc1nnc(Nc2cccc(F)c2)s1)C(=O)Nc1ccccc1C#N. The monoisotopic (exact) mass is 399 g/mol. The van der Waals surface area contributed by atoms with Crippen LogP contribution in [0.1, 0.15) is 12.5 Å². The number of aromatic nitrogens is 2. The molecular formula is C18H14FN5OS2. The Kier molecular flexibility index (Phi) is 6.01. The molecule has 6 nitrogen and oxygen atoms in total. The van der Waals surface area contributed by atoms with Crippen molar-refractivity contribution in [3.05, 3.63) is 59.9 Å². The summed E-state index contributed by atoms with van der Waals surface area (Å²) >= 11 is 2.52. The molecule has 2 aromatic carbocycles. The number of nitriles is 1. The van der Waals surface area contributed by atoms with Crippen molar-refractivity contribution in [3.8, 4) is 6.07 Å². The summed E-state index contributed by atoms with van der Waals surface area (Å²) in [7, 11) is 0. The number of nitrogens with one attached hydrogen (secondary N) is 2. The van der Waals surface area contributed by atoms with Gasteiger partial charge in [-0.15, -0.1) is 10.2 Å². The molecule has 9 heteroatoms. The number of benzene rings is 2. The third-order valence-corrected chi connectivity index (χ3v) is 5.46. The first kappa shape index (κ1) is 18.8. The van der Waals surface area contributed by atoms with Crippen molar-refractivity contribution in [2.24, 2.45) is 0 Å². The van der Waals surface area contributed by atoms with Crippen molar-refractivity contribution < 1.29 is 9.18 Å². The maximum atomic E-state index is 13.2. The van der Waals surface area contributed by atoms with Crippen molar-refractivity contribution in [3.63, 3.8) is 0 Å². The Bertz CT molecular complexity index is 1000. The van der Waals surface area contributed by atoms with Crippen LogP contribution in [0.25, 0.3) is 0 Å². The van der Waals surface area contributed by atoms with Crippen LogP contribution in [0.5, 0.6) is 0 Å². The largest absolute Gasteiger partial charge is 0.330 e. The number of carbonyl (C=O) groups excluding carboxylic acids is 1. The van der Waals surface area contributed by atoms with Gasteiger partial charge in [-0.05, 0) is 37.3 Å². The molecule has 1 heterocycles. The third kappa shape index (κ3) is 5.03. The Morgan fingerprint density at radius 2 is 2.07 bits per heavy atom. The maximum absolute atomic E-state index is 13.2. The fourth-order valence-corrected chi connectivity index (χ4v) is 4.04. The lowest BCUT2D eigenvalue weighted by Crippen LogP contribution is -2.22. The number of hydrogen-bond acceptors (Lipinski definition) is 7. The minimum absolute atomic E-state index is 0.238. The number of hydrogen-bond donors (Lipinski definition) is 2. The van der Waals surface area contributed by atoms with E-state index >= 15 is 0 Å². The number of halogens is 1. The van der Waals surface area contributed by atoms with Crippen LogP contribution < -0.4 is 10.6 Å². The zero-order chi connectivity index (χ0) is 19.2. The van der Waals surface area contributed by atoms with Crippen molar-refractivity contribution >= 4 is 45.5 Å². The number of nitrogens with zero attached hydrogens (tertiary/aromatic N) is 3. The van der Waals surface area contributed by atoms with Crippen LogP contribution in [0.4, 0.5) is 20.9 Å². The van der Waals surface area contributed by atoms with Crippen LogP contribution in [-0.2, 0) is 4.79 Å². The molecule has 1 aromatic heterocycles. The summed E-state index contributed by atoms with van der Waals surface area (Å²) in [6, 6.07) is 14.9. The molecule has 3 aromatic rings. The van der Waals surface area contributed by atoms with E-state index in [1.807, 2.05) is 6.07 Å². The van der Waals surface area contributed by atoms with Gasteiger partial charge in [0.2, 0.25) is 11.0 Å². The molecule has 0 bridgehead atoms.